The number of rotatable bonds is 9. The fraction of sp³-hybridized carbons (Fsp3) is 0.611. The molecule has 0 N–H and O–H groups in total. The van der Waals surface area contributed by atoms with E-state index in [2.05, 4.69) is 33.6 Å². The topological polar surface area (TPSA) is 67.3 Å². The maximum Gasteiger partial charge on any atom is 0.104 e. The van der Waals surface area contributed by atoms with Crippen LogP contribution in [-0.2, 0) is 18.9 Å². The molecular formula is C18H29NO4. The van der Waals surface area contributed by atoms with E-state index in [-0.39, 0.29) is 5.41 Å². The Morgan fingerprint density at radius 3 is 1.61 bits per heavy atom. The van der Waals surface area contributed by atoms with Crippen LogP contribution < -0.4 is 0 Å². The summed E-state index contributed by atoms with van der Waals surface area (Å²) in [5.41, 5.74) is 0.0732. The monoisotopic (exact) mass is 323 g/mol. The molecule has 23 heavy (non-hydrogen) atoms. The Kier molecular flexibility index (Phi) is 12.2. The minimum atomic E-state index is 0.0732. The van der Waals surface area contributed by atoms with Gasteiger partial charge in [0, 0.05) is 11.5 Å². The summed E-state index contributed by atoms with van der Waals surface area (Å²) in [5.74, 6) is 0. The summed E-state index contributed by atoms with van der Waals surface area (Å²) in [6.45, 7) is 18.7. The molecule has 2 atom stereocenters. The van der Waals surface area contributed by atoms with Crippen molar-refractivity contribution in [3.05, 3.63) is 38.0 Å². The molecule has 2 unspecified atom stereocenters. The van der Waals surface area contributed by atoms with Crippen molar-refractivity contribution in [1.82, 2.24) is 0 Å². The quantitative estimate of drug-likeness (QED) is 0.371. The highest BCUT2D eigenvalue weighted by atomic mass is 16.6. The van der Waals surface area contributed by atoms with Gasteiger partial charge in [-0.25, -0.2) is 0 Å². The standard InChI is InChI=1S/C11H20O4.C4H6.C3H3N/c1-11(2,7-12-3-9-5-14-9)8-13-4-10-6-15-10;1-3-4-2;1-2-3-4/h9-10H,3-8H2,1-2H3;3-4H,1-2H2;2H,1H2. The van der Waals surface area contributed by atoms with Gasteiger partial charge < -0.3 is 18.9 Å². The number of epoxide rings is 2. The van der Waals surface area contributed by atoms with Crippen LogP contribution in [0.25, 0.3) is 0 Å². The first-order valence-electron chi connectivity index (χ1n) is 7.61. The molecule has 0 saturated carbocycles. The second-order valence-electron chi connectivity index (χ2n) is 5.91. The molecular weight excluding hydrogens is 294 g/mol. The van der Waals surface area contributed by atoms with Crippen molar-refractivity contribution in [1.29, 1.82) is 5.26 Å². The maximum absolute atomic E-state index is 7.51. The van der Waals surface area contributed by atoms with E-state index >= 15 is 0 Å². The van der Waals surface area contributed by atoms with Gasteiger partial charge in [0.05, 0.1) is 45.7 Å². The highest BCUT2D eigenvalue weighted by Gasteiger charge is 2.27. The van der Waals surface area contributed by atoms with Gasteiger partial charge in [-0.2, -0.15) is 5.26 Å². The van der Waals surface area contributed by atoms with Gasteiger partial charge in [-0.15, -0.1) is 0 Å². The van der Waals surface area contributed by atoms with Crippen LogP contribution >= 0.6 is 0 Å². The molecule has 2 heterocycles. The lowest BCUT2D eigenvalue weighted by atomic mass is 9.96. The zero-order chi connectivity index (χ0) is 17.6. The van der Waals surface area contributed by atoms with Gasteiger partial charge in [0.25, 0.3) is 0 Å². The Morgan fingerprint density at radius 2 is 1.39 bits per heavy atom. The van der Waals surface area contributed by atoms with Crippen molar-refractivity contribution in [3.63, 3.8) is 0 Å². The number of hydrogen-bond donors (Lipinski definition) is 0. The van der Waals surface area contributed by atoms with Gasteiger partial charge in [-0.1, -0.05) is 45.7 Å². The second-order valence-corrected chi connectivity index (χ2v) is 5.91. The fourth-order valence-electron chi connectivity index (χ4n) is 1.30. The molecule has 0 amide bonds. The van der Waals surface area contributed by atoms with E-state index in [1.807, 2.05) is 0 Å². The van der Waals surface area contributed by atoms with Crippen LogP contribution in [0.1, 0.15) is 13.8 Å². The average molecular weight is 323 g/mol. The van der Waals surface area contributed by atoms with Gasteiger partial charge in [-0.3, -0.25) is 0 Å². The summed E-state index contributed by atoms with van der Waals surface area (Å²) in [4.78, 5) is 0. The lowest BCUT2D eigenvalue weighted by Gasteiger charge is -2.23. The molecule has 2 rings (SSSR count). The number of hydrogen-bond acceptors (Lipinski definition) is 5. The Hall–Kier alpha value is -1.45. The number of allylic oxidation sites excluding steroid dienone is 3. The highest BCUT2D eigenvalue weighted by Crippen LogP contribution is 2.19. The van der Waals surface area contributed by atoms with Gasteiger partial charge in [0.15, 0.2) is 0 Å². The Labute approximate surface area is 140 Å². The van der Waals surface area contributed by atoms with Crippen LogP contribution in [0.4, 0.5) is 0 Å². The molecule has 0 aromatic rings. The Bertz CT molecular complexity index is 353. The van der Waals surface area contributed by atoms with Crippen molar-refractivity contribution in [2.45, 2.75) is 26.1 Å². The molecule has 2 saturated heterocycles. The lowest BCUT2D eigenvalue weighted by Crippen LogP contribution is -2.27. The summed E-state index contributed by atoms with van der Waals surface area (Å²) in [7, 11) is 0. The van der Waals surface area contributed by atoms with Crippen molar-refractivity contribution < 1.29 is 18.9 Å². The van der Waals surface area contributed by atoms with Crippen molar-refractivity contribution in [2.75, 3.05) is 39.6 Å². The predicted octanol–water partition coefficient (Wildman–Crippen LogP) is 2.90. The molecule has 5 heteroatoms. The molecule has 0 spiro atoms. The van der Waals surface area contributed by atoms with E-state index < -0.39 is 0 Å². The lowest BCUT2D eigenvalue weighted by molar-refractivity contribution is -0.0101. The Morgan fingerprint density at radius 1 is 1.04 bits per heavy atom. The smallest absolute Gasteiger partial charge is 0.104 e. The molecule has 2 aliphatic rings. The third kappa shape index (κ3) is 16.7. The fourth-order valence-corrected chi connectivity index (χ4v) is 1.30. The molecule has 0 radical (unpaired) electrons. The highest BCUT2D eigenvalue weighted by molar-refractivity contribution is 4.93. The molecule has 5 nitrogen and oxygen atoms in total. The number of nitrogens with zero attached hydrogens (tertiary/aromatic N) is 1. The minimum Gasteiger partial charge on any atom is -0.378 e. The van der Waals surface area contributed by atoms with Crippen LogP contribution in [0.3, 0.4) is 0 Å². The first-order chi connectivity index (χ1) is 11.0. The molecule has 130 valence electrons. The van der Waals surface area contributed by atoms with Crippen molar-refractivity contribution >= 4 is 0 Å². The van der Waals surface area contributed by atoms with Crippen LogP contribution in [0.5, 0.6) is 0 Å². The zero-order valence-corrected chi connectivity index (χ0v) is 14.3. The van der Waals surface area contributed by atoms with Crippen LogP contribution in [0, 0.1) is 16.7 Å². The van der Waals surface area contributed by atoms with E-state index in [1.165, 1.54) is 6.08 Å². The van der Waals surface area contributed by atoms with Gasteiger partial charge in [0.1, 0.15) is 12.2 Å². The van der Waals surface area contributed by atoms with Crippen molar-refractivity contribution in [2.24, 2.45) is 5.41 Å². The maximum atomic E-state index is 7.51. The van der Waals surface area contributed by atoms with Gasteiger partial charge in [0.2, 0.25) is 0 Å². The SMILES string of the molecule is C=CC#N.C=CC=C.CC(C)(COCC1CO1)COCC1CO1. The van der Waals surface area contributed by atoms with E-state index in [0.29, 0.717) is 12.2 Å². The number of nitriles is 1. The summed E-state index contributed by atoms with van der Waals surface area (Å²) in [5, 5.41) is 7.51. The summed E-state index contributed by atoms with van der Waals surface area (Å²) < 4.78 is 21.3. The third-order valence-corrected chi connectivity index (χ3v) is 2.66. The van der Waals surface area contributed by atoms with Gasteiger partial charge in [-0.05, 0) is 0 Å². The van der Waals surface area contributed by atoms with E-state index in [9.17, 15) is 0 Å². The summed E-state index contributed by atoms with van der Waals surface area (Å²) in [6, 6.07) is 1.69. The Balaban J connectivity index is 0.000000509. The molecule has 0 aliphatic carbocycles. The third-order valence-electron chi connectivity index (χ3n) is 2.66. The van der Waals surface area contributed by atoms with Gasteiger partial charge >= 0.3 is 0 Å². The molecule has 2 fully saturated rings. The molecule has 0 aromatic carbocycles. The van der Waals surface area contributed by atoms with Crippen LogP contribution in [0.2, 0.25) is 0 Å². The molecule has 2 aliphatic heterocycles. The average Bonchev–Trinajstić information content (AvgIpc) is 3.42. The van der Waals surface area contributed by atoms with Crippen LogP contribution in [0.15, 0.2) is 38.0 Å². The summed E-state index contributed by atoms with van der Waals surface area (Å²) in [6.07, 6.45) is 5.16. The zero-order valence-electron chi connectivity index (χ0n) is 14.3. The first-order valence-corrected chi connectivity index (χ1v) is 7.61. The van der Waals surface area contributed by atoms with E-state index in [0.717, 1.165) is 39.6 Å². The minimum absolute atomic E-state index is 0.0732. The second kappa shape index (κ2) is 13.0. The van der Waals surface area contributed by atoms with Crippen LogP contribution in [-0.4, -0.2) is 51.8 Å². The first kappa shape index (κ1) is 21.6. The molecule has 0 aromatic heterocycles. The predicted molar refractivity (Wildman–Crippen MR) is 91.1 cm³/mol. The molecule has 0 bridgehead atoms. The van der Waals surface area contributed by atoms with E-state index in [1.54, 1.807) is 18.2 Å². The van der Waals surface area contributed by atoms with Crippen molar-refractivity contribution in [3.8, 4) is 6.07 Å². The largest absolute Gasteiger partial charge is 0.378 e. The normalized spacial score (nSPS) is 20.6. The summed E-state index contributed by atoms with van der Waals surface area (Å²) >= 11 is 0. The number of ether oxygens (including phenoxy) is 4. The van der Waals surface area contributed by atoms with E-state index in [4.69, 9.17) is 24.2 Å².